The van der Waals surface area contributed by atoms with Crippen LogP contribution in [0.4, 0.5) is 0 Å². The molecule has 0 amide bonds. The molecule has 0 aliphatic rings. The van der Waals surface area contributed by atoms with Gasteiger partial charge >= 0.3 is 0 Å². The molecule has 2 N–H and O–H groups in total. The Labute approximate surface area is 112 Å². The second-order valence-electron chi connectivity index (χ2n) is 4.05. The zero-order valence-corrected chi connectivity index (χ0v) is 11.6. The van der Waals surface area contributed by atoms with Crippen molar-refractivity contribution in [1.82, 2.24) is 4.72 Å². The lowest BCUT2D eigenvalue weighted by Crippen LogP contribution is -2.34. The third-order valence-electron chi connectivity index (χ3n) is 2.42. The van der Waals surface area contributed by atoms with E-state index in [1.165, 1.54) is 32.2 Å². The molecule has 106 valence electrons. The highest BCUT2D eigenvalue weighted by Crippen LogP contribution is 2.11. The topological polar surface area (TPSA) is 92.7 Å². The summed E-state index contributed by atoms with van der Waals surface area (Å²) >= 11 is 0. The molecule has 1 rings (SSSR count). The molecule has 1 aromatic carbocycles. The lowest BCUT2D eigenvalue weighted by Gasteiger charge is -2.11. The quantitative estimate of drug-likeness (QED) is 0.698. The highest BCUT2D eigenvalue weighted by Gasteiger charge is 2.16. The summed E-state index contributed by atoms with van der Waals surface area (Å²) in [6.45, 7) is 1.25. The smallest absolute Gasteiger partial charge is 0.240 e. The van der Waals surface area contributed by atoms with Gasteiger partial charge in [0.15, 0.2) is 5.78 Å². The summed E-state index contributed by atoms with van der Waals surface area (Å²) in [5.41, 5.74) is 0.320. The van der Waals surface area contributed by atoms with Crippen LogP contribution in [0.2, 0.25) is 0 Å². The first-order valence-corrected chi connectivity index (χ1v) is 7.13. The highest BCUT2D eigenvalue weighted by atomic mass is 32.2. The van der Waals surface area contributed by atoms with E-state index in [2.05, 4.69) is 4.72 Å². The molecule has 7 heteroatoms. The van der Waals surface area contributed by atoms with Gasteiger partial charge < -0.3 is 9.84 Å². The van der Waals surface area contributed by atoms with Gasteiger partial charge in [-0.3, -0.25) is 4.79 Å². The Bertz CT molecular complexity index is 541. The second-order valence-corrected chi connectivity index (χ2v) is 5.81. The Morgan fingerprint density at radius 1 is 1.47 bits per heavy atom. The van der Waals surface area contributed by atoms with E-state index in [4.69, 9.17) is 4.74 Å². The lowest BCUT2D eigenvalue weighted by molar-refractivity contribution is 0.0679. The molecule has 0 saturated carbocycles. The van der Waals surface area contributed by atoms with Crippen LogP contribution in [0.15, 0.2) is 29.2 Å². The van der Waals surface area contributed by atoms with E-state index in [9.17, 15) is 18.3 Å². The number of aliphatic hydroxyl groups excluding tert-OH is 1. The van der Waals surface area contributed by atoms with E-state index in [0.717, 1.165) is 0 Å². The summed E-state index contributed by atoms with van der Waals surface area (Å²) in [6.07, 6.45) is -0.921. The molecule has 1 unspecified atom stereocenters. The van der Waals surface area contributed by atoms with Gasteiger partial charge in [0.25, 0.3) is 0 Å². The Hall–Kier alpha value is -1.28. The van der Waals surface area contributed by atoms with Crippen molar-refractivity contribution >= 4 is 15.8 Å². The van der Waals surface area contributed by atoms with Crippen molar-refractivity contribution in [3.63, 3.8) is 0 Å². The normalized spacial score (nSPS) is 13.2. The van der Waals surface area contributed by atoms with Crippen molar-refractivity contribution in [3.8, 4) is 0 Å². The molecule has 0 fully saturated rings. The lowest BCUT2D eigenvalue weighted by atomic mass is 10.2. The molecule has 0 aliphatic carbocycles. The van der Waals surface area contributed by atoms with Crippen LogP contribution in [0, 0.1) is 0 Å². The van der Waals surface area contributed by atoms with Crippen molar-refractivity contribution in [2.45, 2.75) is 17.9 Å². The number of hydrogen-bond acceptors (Lipinski definition) is 5. The monoisotopic (exact) mass is 287 g/mol. The molecular formula is C12H17NO5S. The number of nitrogens with one attached hydrogen (secondary N) is 1. The number of sulfonamides is 1. The molecule has 1 aromatic rings. The van der Waals surface area contributed by atoms with Gasteiger partial charge in [-0.25, -0.2) is 13.1 Å². The second kappa shape index (κ2) is 6.76. The Balaban J connectivity index is 2.83. The number of benzene rings is 1. The number of ether oxygens (including phenoxy) is 1. The van der Waals surface area contributed by atoms with Crippen LogP contribution >= 0.6 is 0 Å². The summed E-state index contributed by atoms with van der Waals surface area (Å²) in [4.78, 5) is 11.2. The van der Waals surface area contributed by atoms with E-state index in [0.29, 0.717) is 5.56 Å². The average Bonchev–Trinajstić information content (AvgIpc) is 2.37. The van der Waals surface area contributed by atoms with E-state index in [1.54, 1.807) is 6.07 Å². The number of aliphatic hydroxyl groups is 1. The Morgan fingerprint density at radius 3 is 2.74 bits per heavy atom. The number of carbonyl (C=O) groups excluding carboxylic acids is 1. The molecule has 1 atom stereocenters. The SMILES string of the molecule is COCC(O)CNS(=O)(=O)c1cccc(C(C)=O)c1. The first-order valence-electron chi connectivity index (χ1n) is 5.64. The van der Waals surface area contributed by atoms with Crippen LogP contribution in [-0.2, 0) is 14.8 Å². The first-order chi connectivity index (χ1) is 8.86. The van der Waals surface area contributed by atoms with Crippen molar-refractivity contribution < 1.29 is 23.1 Å². The van der Waals surface area contributed by atoms with Crippen LogP contribution in [0.25, 0.3) is 0 Å². The fourth-order valence-corrected chi connectivity index (χ4v) is 2.54. The van der Waals surface area contributed by atoms with Gasteiger partial charge in [-0.05, 0) is 19.1 Å². The van der Waals surface area contributed by atoms with Gasteiger partial charge in [-0.2, -0.15) is 0 Å². The maximum Gasteiger partial charge on any atom is 0.240 e. The van der Waals surface area contributed by atoms with Gasteiger partial charge in [0.1, 0.15) is 0 Å². The van der Waals surface area contributed by atoms with Crippen LogP contribution in [0.5, 0.6) is 0 Å². The minimum atomic E-state index is -3.75. The summed E-state index contributed by atoms with van der Waals surface area (Å²) in [5.74, 6) is -0.212. The summed E-state index contributed by atoms with van der Waals surface area (Å²) in [6, 6.07) is 5.73. The van der Waals surface area contributed by atoms with E-state index >= 15 is 0 Å². The van der Waals surface area contributed by atoms with Gasteiger partial charge in [-0.1, -0.05) is 12.1 Å². The number of methoxy groups -OCH3 is 1. The number of carbonyl (C=O) groups is 1. The van der Waals surface area contributed by atoms with E-state index < -0.39 is 16.1 Å². The van der Waals surface area contributed by atoms with Crippen molar-refractivity contribution in [2.75, 3.05) is 20.3 Å². The van der Waals surface area contributed by atoms with Gasteiger partial charge in [-0.15, -0.1) is 0 Å². The van der Waals surface area contributed by atoms with Crippen LogP contribution in [0.1, 0.15) is 17.3 Å². The van der Waals surface area contributed by atoms with Crippen molar-refractivity contribution in [1.29, 1.82) is 0 Å². The largest absolute Gasteiger partial charge is 0.389 e. The molecule has 0 bridgehead atoms. The predicted molar refractivity (Wildman–Crippen MR) is 69.5 cm³/mol. The number of Topliss-reactive ketones (excluding diaryl/α,β-unsaturated/α-hetero) is 1. The van der Waals surface area contributed by atoms with E-state index in [-0.39, 0.29) is 23.8 Å². The first kappa shape index (κ1) is 15.8. The van der Waals surface area contributed by atoms with Gasteiger partial charge in [0, 0.05) is 19.2 Å². The summed E-state index contributed by atoms with van der Waals surface area (Å²) in [5, 5.41) is 9.40. The molecular weight excluding hydrogens is 270 g/mol. The molecule has 0 heterocycles. The highest BCUT2D eigenvalue weighted by molar-refractivity contribution is 7.89. The maximum absolute atomic E-state index is 11.9. The minimum Gasteiger partial charge on any atom is -0.389 e. The Morgan fingerprint density at radius 2 is 2.16 bits per heavy atom. The maximum atomic E-state index is 11.9. The third kappa shape index (κ3) is 4.71. The fourth-order valence-electron chi connectivity index (χ4n) is 1.42. The van der Waals surface area contributed by atoms with Crippen LogP contribution < -0.4 is 4.72 Å². The standard InChI is InChI=1S/C12H17NO5S/c1-9(14)10-4-3-5-12(6-10)19(16,17)13-7-11(15)8-18-2/h3-6,11,13,15H,7-8H2,1-2H3. The molecule has 0 radical (unpaired) electrons. The molecule has 0 aromatic heterocycles. The number of hydrogen-bond donors (Lipinski definition) is 2. The summed E-state index contributed by atoms with van der Waals surface area (Å²) < 4.78 is 30.8. The van der Waals surface area contributed by atoms with Crippen molar-refractivity contribution in [3.05, 3.63) is 29.8 Å². The Kier molecular flexibility index (Phi) is 5.61. The van der Waals surface area contributed by atoms with Crippen molar-refractivity contribution in [2.24, 2.45) is 0 Å². The van der Waals surface area contributed by atoms with Crippen LogP contribution in [-0.4, -0.2) is 45.7 Å². The molecule has 19 heavy (non-hydrogen) atoms. The zero-order valence-electron chi connectivity index (χ0n) is 10.8. The minimum absolute atomic E-state index is 0.00943. The molecule has 0 aliphatic heterocycles. The third-order valence-corrected chi connectivity index (χ3v) is 3.84. The fraction of sp³-hybridized carbons (Fsp3) is 0.417. The zero-order chi connectivity index (χ0) is 14.5. The van der Waals surface area contributed by atoms with Gasteiger partial charge in [0.05, 0.1) is 17.6 Å². The molecule has 6 nitrogen and oxygen atoms in total. The number of ketones is 1. The molecule has 0 spiro atoms. The molecule has 0 saturated heterocycles. The predicted octanol–water partition coefficient (Wildman–Crippen LogP) is 0.175. The summed E-state index contributed by atoms with van der Waals surface area (Å²) in [7, 11) is -2.34. The van der Waals surface area contributed by atoms with Crippen LogP contribution in [0.3, 0.4) is 0 Å². The number of rotatable bonds is 7. The average molecular weight is 287 g/mol. The van der Waals surface area contributed by atoms with E-state index in [1.807, 2.05) is 0 Å². The van der Waals surface area contributed by atoms with Gasteiger partial charge in [0.2, 0.25) is 10.0 Å².